The first-order valence-corrected chi connectivity index (χ1v) is 17.6. The number of pyridine rings is 1. The van der Waals surface area contributed by atoms with Gasteiger partial charge in [-0.05, 0) is 79.1 Å². The van der Waals surface area contributed by atoms with Gasteiger partial charge >= 0.3 is 6.18 Å². The van der Waals surface area contributed by atoms with E-state index in [1.807, 2.05) is 79.8 Å². The number of hydrogen-bond donors (Lipinski definition) is 0. The minimum atomic E-state index is -4.47. The van der Waals surface area contributed by atoms with Crippen LogP contribution in [0.4, 0.5) is 13.2 Å². The lowest BCUT2D eigenvalue weighted by atomic mass is 10.0. The van der Waals surface area contributed by atoms with Gasteiger partial charge in [-0.2, -0.15) is 13.2 Å². The van der Waals surface area contributed by atoms with Gasteiger partial charge in [0.25, 0.3) is 0 Å². The van der Waals surface area contributed by atoms with Crippen molar-refractivity contribution in [3.63, 3.8) is 0 Å². The van der Waals surface area contributed by atoms with Gasteiger partial charge in [0.2, 0.25) is 11.8 Å². The van der Waals surface area contributed by atoms with Gasteiger partial charge in [0, 0.05) is 57.5 Å². The van der Waals surface area contributed by atoms with Gasteiger partial charge in [-0.25, -0.2) is 0 Å². The van der Waals surface area contributed by atoms with E-state index >= 15 is 0 Å². The van der Waals surface area contributed by atoms with E-state index in [0.717, 1.165) is 41.1 Å². The fourth-order valence-electron chi connectivity index (χ4n) is 6.15. The Hall–Kier alpha value is -5.54. The Labute approximate surface area is 310 Å². The van der Waals surface area contributed by atoms with Crippen LogP contribution < -0.4 is 0 Å². The van der Waals surface area contributed by atoms with E-state index < -0.39 is 23.7 Å². The third-order valence-electron chi connectivity index (χ3n) is 9.27. The number of benzene rings is 4. The molecule has 1 heterocycles. The third kappa shape index (κ3) is 11.0. The maximum absolute atomic E-state index is 14.5. The Morgan fingerprint density at radius 1 is 0.774 bits per heavy atom. The topological polar surface area (TPSA) is 56.8 Å². The van der Waals surface area contributed by atoms with Gasteiger partial charge in [-0.1, -0.05) is 96.6 Å². The van der Waals surface area contributed by atoms with Gasteiger partial charge in [-0.15, -0.1) is 0 Å². The molecule has 4 aromatic carbocycles. The van der Waals surface area contributed by atoms with Crippen molar-refractivity contribution >= 4 is 17.9 Å². The molecule has 0 saturated heterocycles. The van der Waals surface area contributed by atoms with E-state index in [0.29, 0.717) is 18.7 Å². The highest BCUT2D eigenvalue weighted by Crippen LogP contribution is 2.29. The summed E-state index contributed by atoms with van der Waals surface area (Å²) in [5.74, 6) is -0.650. The molecule has 0 aliphatic carbocycles. The molecule has 0 bridgehead atoms. The number of amides is 2. The Bertz CT molecular complexity index is 1980. The van der Waals surface area contributed by atoms with Crippen LogP contribution in [0.1, 0.15) is 38.9 Å². The van der Waals surface area contributed by atoms with Crippen molar-refractivity contribution in [2.24, 2.45) is 0 Å². The number of likely N-dealkylation sites (N-methyl/N-ethyl adjacent to an activating group) is 2. The van der Waals surface area contributed by atoms with E-state index in [1.165, 1.54) is 41.0 Å². The summed E-state index contributed by atoms with van der Waals surface area (Å²) < 4.78 is 39.5. The van der Waals surface area contributed by atoms with Crippen molar-refractivity contribution in [3.05, 3.63) is 166 Å². The summed E-state index contributed by atoms with van der Waals surface area (Å²) in [5.41, 5.74) is 6.73. The van der Waals surface area contributed by atoms with Crippen LogP contribution in [-0.4, -0.2) is 64.7 Å². The van der Waals surface area contributed by atoms with E-state index in [9.17, 15) is 22.8 Å². The van der Waals surface area contributed by atoms with Crippen LogP contribution in [0.2, 0.25) is 0 Å². The molecule has 0 N–H and O–H groups in total. The zero-order valence-electron chi connectivity index (χ0n) is 30.6. The standard InChI is InChI=1S/C44H45F3N4O2/c1-32-13-19-38(33(2)28-32)31-49(3)26-27-50(4)43(53)41(29-35-10-6-5-7-11-35)51(30-36-14-20-37(21-15-36)40-12-8-9-25-48-40)42(52)24-18-34-16-22-39(23-17-34)44(45,46)47/h5-25,28,41H,26-27,29-31H2,1-4H3/b24-18+/t41-/m0/s1. The number of carbonyl (C=O) groups is 2. The number of aryl methyl sites for hydroxylation is 2. The normalized spacial score (nSPS) is 12.2. The second kappa shape index (κ2) is 17.8. The summed E-state index contributed by atoms with van der Waals surface area (Å²) in [6.45, 7) is 6.09. The Morgan fingerprint density at radius 2 is 1.47 bits per heavy atom. The monoisotopic (exact) mass is 718 g/mol. The van der Waals surface area contributed by atoms with Crippen LogP contribution >= 0.6 is 0 Å². The predicted octanol–water partition coefficient (Wildman–Crippen LogP) is 8.63. The van der Waals surface area contributed by atoms with E-state index in [-0.39, 0.29) is 18.9 Å². The Kier molecular flexibility index (Phi) is 13.0. The zero-order chi connectivity index (χ0) is 38.0. The number of aromatic nitrogens is 1. The molecule has 53 heavy (non-hydrogen) atoms. The predicted molar refractivity (Wildman–Crippen MR) is 205 cm³/mol. The Balaban J connectivity index is 1.42. The number of carbonyl (C=O) groups excluding carboxylic acids is 2. The molecular weight excluding hydrogens is 674 g/mol. The zero-order valence-corrected chi connectivity index (χ0v) is 30.6. The van der Waals surface area contributed by atoms with Crippen LogP contribution in [0.3, 0.4) is 0 Å². The molecule has 274 valence electrons. The largest absolute Gasteiger partial charge is 0.416 e. The first-order chi connectivity index (χ1) is 25.4. The lowest BCUT2D eigenvalue weighted by Crippen LogP contribution is -2.51. The smallest absolute Gasteiger partial charge is 0.343 e. The first-order valence-electron chi connectivity index (χ1n) is 17.6. The molecule has 0 aliphatic heterocycles. The molecule has 1 aromatic heterocycles. The molecular formula is C44H45F3N4O2. The van der Waals surface area contributed by atoms with Crippen molar-refractivity contribution in [3.8, 4) is 11.3 Å². The molecule has 9 heteroatoms. The molecule has 1 atom stereocenters. The molecule has 0 unspecified atom stereocenters. The second-order valence-corrected chi connectivity index (χ2v) is 13.5. The molecule has 5 aromatic rings. The average molecular weight is 719 g/mol. The highest BCUT2D eigenvalue weighted by atomic mass is 19.4. The molecule has 5 rings (SSSR count). The van der Waals surface area contributed by atoms with Gasteiger partial charge < -0.3 is 14.7 Å². The maximum Gasteiger partial charge on any atom is 0.416 e. The fraction of sp³-hybridized carbons (Fsp3) is 0.250. The van der Waals surface area contributed by atoms with Gasteiger partial charge in [0.05, 0.1) is 11.3 Å². The first kappa shape index (κ1) is 38.7. The van der Waals surface area contributed by atoms with Crippen LogP contribution in [0.15, 0.2) is 128 Å². The summed E-state index contributed by atoms with van der Waals surface area (Å²) in [6.07, 6.45) is 0.342. The average Bonchev–Trinajstić information content (AvgIpc) is 3.16. The fourth-order valence-corrected chi connectivity index (χ4v) is 6.15. The minimum absolute atomic E-state index is 0.127. The van der Waals surface area contributed by atoms with Crippen molar-refractivity contribution < 1.29 is 22.8 Å². The van der Waals surface area contributed by atoms with Gasteiger partial charge in [0.1, 0.15) is 6.04 Å². The number of rotatable bonds is 14. The molecule has 0 fully saturated rings. The van der Waals surface area contributed by atoms with E-state index in [4.69, 9.17) is 0 Å². The summed E-state index contributed by atoms with van der Waals surface area (Å²) >= 11 is 0. The molecule has 6 nitrogen and oxygen atoms in total. The molecule has 0 aliphatic rings. The maximum atomic E-state index is 14.5. The minimum Gasteiger partial charge on any atom is -0.343 e. The number of nitrogens with zero attached hydrogens (tertiary/aromatic N) is 4. The SMILES string of the molecule is Cc1ccc(CN(C)CCN(C)C(=O)[C@H](Cc2ccccc2)N(Cc2ccc(-c3ccccn3)cc2)C(=O)/C=C/c2ccc(C(F)(F)F)cc2)c(C)c1. The van der Waals surface area contributed by atoms with E-state index in [2.05, 4.69) is 41.9 Å². The van der Waals surface area contributed by atoms with Crippen LogP contribution in [0.5, 0.6) is 0 Å². The van der Waals surface area contributed by atoms with Crippen molar-refractivity contribution in [1.82, 2.24) is 19.7 Å². The van der Waals surface area contributed by atoms with E-state index in [1.54, 1.807) is 23.0 Å². The molecule has 2 amide bonds. The highest BCUT2D eigenvalue weighted by molar-refractivity contribution is 5.95. The van der Waals surface area contributed by atoms with Crippen molar-refractivity contribution in [1.29, 1.82) is 0 Å². The highest BCUT2D eigenvalue weighted by Gasteiger charge is 2.32. The Morgan fingerprint density at radius 3 is 2.11 bits per heavy atom. The number of alkyl halides is 3. The number of hydrogen-bond acceptors (Lipinski definition) is 4. The van der Waals surface area contributed by atoms with Crippen LogP contribution in [0, 0.1) is 13.8 Å². The van der Waals surface area contributed by atoms with Crippen molar-refractivity contribution in [2.45, 2.75) is 45.6 Å². The third-order valence-corrected chi connectivity index (χ3v) is 9.27. The van der Waals surface area contributed by atoms with Crippen LogP contribution in [-0.2, 0) is 35.3 Å². The molecule has 0 radical (unpaired) electrons. The van der Waals surface area contributed by atoms with Gasteiger partial charge in [0.15, 0.2) is 0 Å². The summed E-state index contributed by atoms with van der Waals surface area (Å²) in [6, 6.07) is 33.1. The lowest BCUT2D eigenvalue weighted by Gasteiger charge is -2.34. The quantitative estimate of drug-likeness (QED) is 0.108. The summed E-state index contributed by atoms with van der Waals surface area (Å²) in [5, 5.41) is 0. The van der Waals surface area contributed by atoms with Gasteiger partial charge in [-0.3, -0.25) is 14.6 Å². The summed E-state index contributed by atoms with van der Waals surface area (Å²) in [7, 11) is 3.78. The number of halogens is 3. The van der Waals surface area contributed by atoms with Crippen LogP contribution in [0.25, 0.3) is 17.3 Å². The lowest BCUT2D eigenvalue weighted by molar-refractivity contribution is -0.143. The summed E-state index contributed by atoms with van der Waals surface area (Å²) in [4.78, 5) is 38.5. The molecule has 0 saturated carbocycles. The second-order valence-electron chi connectivity index (χ2n) is 13.5. The van der Waals surface area contributed by atoms with Crippen molar-refractivity contribution in [2.75, 3.05) is 27.2 Å². The molecule has 0 spiro atoms.